The van der Waals surface area contributed by atoms with E-state index in [4.69, 9.17) is 0 Å². The third-order valence-corrected chi connectivity index (χ3v) is 2.90. The predicted molar refractivity (Wildman–Crippen MR) is 64.3 cm³/mol. The first-order valence-electron chi connectivity index (χ1n) is 4.95. The van der Waals surface area contributed by atoms with Crippen molar-refractivity contribution in [1.29, 1.82) is 0 Å². The van der Waals surface area contributed by atoms with Crippen molar-refractivity contribution in [3.63, 3.8) is 0 Å². The Morgan fingerprint density at radius 2 is 2.20 bits per heavy atom. The first-order valence-corrected chi connectivity index (χ1v) is 5.74. The molecule has 1 aromatic carbocycles. The van der Waals surface area contributed by atoms with Crippen LogP contribution < -0.4 is 10.6 Å². The van der Waals surface area contributed by atoms with Crippen LogP contribution in [-0.2, 0) is 6.54 Å². The van der Waals surface area contributed by atoms with Gasteiger partial charge in [0.1, 0.15) is 5.82 Å². The third-order valence-electron chi connectivity index (χ3n) is 2.17. The quantitative estimate of drug-likeness (QED) is 0.861. The van der Waals surface area contributed by atoms with Crippen LogP contribution in [0.2, 0.25) is 0 Å². The maximum Gasteiger partial charge on any atom is 0.124 e. The van der Waals surface area contributed by atoms with Gasteiger partial charge in [-0.3, -0.25) is 0 Å². The molecule has 84 valence electrons. The van der Waals surface area contributed by atoms with E-state index >= 15 is 0 Å². The molecule has 1 atom stereocenters. The van der Waals surface area contributed by atoms with Gasteiger partial charge in [0.15, 0.2) is 0 Å². The van der Waals surface area contributed by atoms with Gasteiger partial charge in [-0.1, -0.05) is 22.0 Å². The maximum atomic E-state index is 12.8. The highest BCUT2D eigenvalue weighted by Crippen LogP contribution is 2.17. The highest BCUT2D eigenvalue weighted by molar-refractivity contribution is 9.10. The molecule has 0 fully saturated rings. The Bertz CT molecular complexity index is 317. The molecule has 0 saturated heterocycles. The Morgan fingerprint density at radius 1 is 1.47 bits per heavy atom. The number of rotatable bonds is 5. The molecule has 0 aliphatic carbocycles. The lowest BCUT2D eigenvalue weighted by atomic mass is 10.2. The summed E-state index contributed by atoms with van der Waals surface area (Å²) >= 11 is 3.34. The summed E-state index contributed by atoms with van der Waals surface area (Å²) in [6.07, 6.45) is 0. The van der Waals surface area contributed by atoms with E-state index in [0.29, 0.717) is 6.04 Å². The van der Waals surface area contributed by atoms with Gasteiger partial charge in [0, 0.05) is 23.6 Å². The molecule has 1 aromatic rings. The molecular formula is C11H16BrFN2. The molecule has 0 aromatic heterocycles. The fourth-order valence-electron chi connectivity index (χ4n) is 1.33. The highest BCUT2D eigenvalue weighted by Gasteiger charge is 2.03. The van der Waals surface area contributed by atoms with Crippen molar-refractivity contribution in [2.24, 2.45) is 0 Å². The molecule has 0 saturated carbocycles. The average Bonchev–Trinajstić information content (AvgIpc) is 2.17. The standard InChI is InChI=1S/C11H16BrFN2/c1-8(6-14-2)15-7-9-3-4-10(13)5-11(9)12/h3-5,8,14-15H,6-7H2,1-2H3. The van der Waals surface area contributed by atoms with Gasteiger partial charge < -0.3 is 10.6 Å². The van der Waals surface area contributed by atoms with Crippen LogP contribution in [-0.4, -0.2) is 19.6 Å². The van der Waals surface area contributed by atoms with Crippen LogP contribution in [0.3, 0.4) is 0 Å². The molecule has 4 heteroatoms. The van der Waals surface area contributed by atoms with Crippen LogP contribution in [0.25, 0.3) is 0 Å². The van der Waals surface area contributed by atoms with Gasteiger partial charge in [0.2, 0.25) is 0 Å². The smallest absolute Gasteiger partial charge is 0.124 e. The number of hydrogen-bond donors (Lipinski definition) is 2. The number of nitrogens with one attached hydrogen (secondary N) is 2. The van der Waals surface area contributed by atoms with E-state index < -0.39 is 0 Å². The van der Waals surface area contributed by atoms with Gasteiger partial charge in [-0.25, -0.2) is 4.39 Å². The van der Waals surface area contributed by atoms with Crippen LogP contribution in [0.4, 0.5) is 4.39 Å². The summed E-state index contributed by atoms with van der Waals surface area (Å²) in [5.74, 6) is -0.214. The molecule has 1 unspecified atom stereocenters. The lowest BCUT2D eigenvalue weighted by Crippen LogP contribution is -2.34. The van der Waals surface area contributed by atoms with Gasteiger partial charge >= 0.3 is 0 Å². The summed E-state index contributed by atoms with van der Waals surface area (Å²) in [4.78, 5) is 0. The first-order chi connectivity index (χ1) is 7.13. The SMILES string of the molecule is CNCC(C)NCc1ccc(F)cc1Br. The Hall–Kier alpha value is -0.450. The Labute approximate surface area is 98.4 Å². The molecule has 0 aliphatic rings. The number of halogens is 2. The second-order valence-electron chi connectivity index (χ2n) is 3.58. The van der Waals surface area contributed by atoms with Crippen molar-refractivity contribution in [3.05, 3.63) is 34.1 Å². The molecule has 0 spiro atoms. The van der Waals surface area contributed by atoms with Crippen LogP contribution >= 0.6 is 15.9 Å². The van der Waals surface area contributed by atoms with Crippen LogP contribution in [0, 0.1) is 5.82 Å². The lowest BCUT2D eigenvalue weighted by Gasteiger charge is -2.13. The summed E-state index contributed by atoms with van der Waals surface area (Å²) in [5.41, 5.74) is 1.07. The maximum absolute atomic E-state index is 12.8. The molecule has 0 radical (unpaired) electrons. The Kier molecular flexibility index (Phi) is 5.22. The van der Waals surface area contributed by atoms with Gasteiger partial charge in [0.25, 0.3) is 0 Å². The molecular weight excluding hydrogens is 259 g/mol. The summed E-state index contributed by atoms with van der Waals surface area (Å²) in [6, 6.07) is 5.15. The monoisotopic (exact) mass is 274 g/mol. The fourth-order valence-corrected chi connectivity index (χ4v) is 1.82. The van der Waals surface area contributed by atoms with E-state index in [-0.39, 0.29) is 5.82 Å². The molecule has 15 heavy (non-hydrogen) atoms. The minimum Gasteiger partial charge on any atom is -0.318 e. The van der Waals surface area contributed by atoms with Gasteiger partial charge in [-0.2, -0.15) is 0 Å². The van der Waals surface area contributed by atoms with Crippen LogP contribution in [0.15, 0.2) is 22.7 Å². The number of benzene rings is 1. The minimum atomic E-state index is -0.214. The summed E-state index contributed by atoms with van der Waals surface area (Å²) < 4.78 is 13.6. The van der Waals surface area contributed by atoms with Crippen molar-refractivity contribution in [1.82, 2.24) is 10.6 Å². The molecule has 1 rings (SSSR count). The first kappa shape index (κ1) is 12.6. The van der Waals surface area contributed by atoms with E-state index in [1.807, 2.05) is 7.05 Å². The molecule has 0 aliphatic heterocycles. The Balaban J connectivity index is 2.50. The second-order valence-corrected chi connectivity index (χ2v) is 4.43. The molecule has 0 amide bonds. The largest absolute Gasteiger partial charge is 0.318 e. The average molecular weight is 275 g/mol. The van der Waals surface area contributed by atoms with E-state index in [1.54, 1.807) is 6.07 Å². The highest BCUT2D eigenvalue weighted by atomic mass is 79.9. The molecule has 0 bridgehead atoms. The number of likely N-dealkylation sites (N-methyl/N-ethyl adjacent to an activating group) is 1. The van der Waals surface area contributed by atoms with E-state index in [1.165, 1.54) is 12.1 Å². The van der Waals surface area contributed by atoms with Crippen molar-refractivity contribution >= 4 is 15.9 Å². The molecule has 2 N–H and O–H groups in total. The van der Waals surface area contributed by atoms with E-state index in [2.05, 4.69) is 33.5 Å². The summed E-state index contributed by atoms with van der Waals surface area (Å²) in [6.45, 7) is 3.76. The zero-order valence-electron chi connectivity index (χ0n) is 8.98. The topological polar surface area (TPSA) is 24.1 Å². The lowest BCUT2D eigenvalue weighted by molar-refractivity contribution is 0.522. The normalized spacial score (nSPS) is 12.8. The fraction of sp³-hybridized carbons (Fsp3) is 0.455. The molecule has 0 heterocycles. The van der Waals surface area contributed by atoms with Crippen molar-refractivity contribution < 1.29 is 4.39 Å². The second kappa shape index (κ2) is 6.20. The Morgan fingerprint density at radius 3 is 2.80 bits per heavy atom. The predicted octanol–water partition coefficient (Wildman–Crippen LogP) is 2.29. The van der Waals surface area contributed by atoms with Crippen LogP contribution in [0.5, 0.6) is 0 Å². The van der Waals surface area contributed by atoms with Gasteiger partial charge in [-0.05, 0) is 31.7 Å². The van der Waals surface area contributed by atoms with Gasteiger partial charge in [0.05, 0.1) is 0 Å². The minimum absolute atomic E-state index is 0.214. The number of hydrogen-bond acceptors (Lipinski definition) is 2. The van der Waals surface area contributed by atoms with E-state index in [0.717, 1.165) is 23.1 Å². The van der Waals surface area contributed by atoms with Crippen molar-refractivity contribution in [3.8, 4) is 0 Å². The summed E-state index contributed by atoms with van der Waals surface area (Å²) in [7, 11) is 1.92. The van der Waals surface area contributed by atoms with Crippen LogP contribution in [0.1, 0.15) is 12.5 Å². The zero-order valence-corrected chi connectivity index (χ0v) is 10.6. The van der Waals surface area contributed by atoms with Crippen molar-refractivity contribution in [2.45, 2.75) is 19.5 Å². The molecule has 2 nitrogen and oxygen atoms in total. The zero-order chi connectivity index (χ0) is 11.3. The van der Waals surface area contributed by atoms with Crippen molar-refractivity contribution in [2.75, 3.05) is 13.6 Å². The third kappa shape index (κ3) is 4.28. The van der Waals surface area contributed by atoms with E-state index in [9.17, 15) is 4.39 Å². The van der Waals surface area contributed by atoms with Gasteiger partial charge in [-0.15, -0.1) is 0 Å². The summed E-state index contributed by atoms with van der Waals surface area (Å²) in [5, 5.41) is 6.44.